The molecule has 0 unspecified atom stereocenters. The predicted octanol–water partition coefficient (Wildman–Crippen LogP) is 11.2. The van der Waals surface area contributed by atoms with Crippen LogP contribution in [-0.2, 0) is 57.2 Å². The van der Waals surface area contributed by atoms with E-state index in [0.717, 1.165) is 44.5 Å². The van der Waals surface area contributed by atoms with Crippen LogP contribution in [0.15, 0.2) is 218 Å². The van der Waals surface area contributed by atoms with Crippen molar-refractivity contribution < 1.29 is 31.5 Å². The fourth-order valence-corrected chi connectivity index (χ4v) is 12.5. The van der Waals surface area contributed by atoms with Crippen LogP contribution in [0.25, 0.3) is 44.5 Å². The third-order valence-electron chi connectivity index (χ3n) is 10.7. The molecule has 320 valence electrons. The molecule has 0 radical (unpaired) electrons. The monoisotopic (exact) mass is 964 g/mol. The molecule has 0 atom stereocenters. The van der Waals surface area contributed by atoms with Crippen LogP contribution in [0.3, 0.4) is 0 Å². The van der Waals surface area contributed by atoms with Gasteiger partial charge in [0.1, 0.15) is 0 Å². The molecule has 0 heterocycles. The van der Waals surface area contributed by atoms with Crippen molar-refractivity contribution in [2.24, 2.45) is 0 Å². The fraction of sp³-hybridized carbons (Fsp3) is 0.0714. The minimum atomic E-state index is -6.56. The zero-order chi connectivity index (χ0) is 44.9. The minimum absolute atomic E-state index is 0.319. The van der Waals surface area contributed by atoms with E-state index in [1.165, 1.54) is 0 Å². The molecule has 0 amide bonds. The molecule has 0 saturated carbocycles. The van der Waals surface area contributed by atoms with Gasteiger partial charge in [-0.3, -0.25) is 0 Å². The maximum atomic E-state index is 14.4. The van der Waals surface area contributed by atoms with Crippen LogP contribution in [0.4, 0.5) is 0 Å². The molecule has 0 saturated heterocycles. The molecule has 8 aromatic carbocycles. The molecule has 0 aliphatic heterocycles. The number of carbonyl (C=O) groups is 4. The Labute approximate surface area is 384 Å². The fourth-order valence-electron chi connectivity index (χ4n) is 7.74. The Morgan fingerprint density at radius 2 is 0.446 bits per heavy atom. The summed E-state index contributed by atoms with van der Waals surface area (Å²) >= 11 is -6.56. The van der Waals surface area contributed by atoms with Gasteiger partial charge in [0.15, 0.2) is 0 Å². The predicted molar refractivity (Wildman–Crippen MR) is 252 cm³/mol. The number of rotatable bonds is 16. The van der Waals surface area contributed by atoms with Crippen molar-refractivity contribution in [2.75, 3.05) is 0 Å². The molecular formula is C56H44O8Sn. The Hall–Kier alpha value is -7.56. The third kappa shape index (κ3) is 11.5. The second-order valence-corrected chi connectivity index (χ2v) is 20.4. The van der Waals surface area contributed by atoms with E-state index in [4.69, 9.17) is 12.3 Å². The van der Waals surface area contributed by atoms with E-state index in [2.05, 4.69) is 0 Å². The van der Waals surface area contributed by atoms with Crippen molar-refractivity contribution in [3.8, 4) is 44.5 Å². The molecule has 0 aliphatic carbocycles. The van der Waals surface area contributed by atoms with Crippen molar-refractivity contribution in [1.82, 2.24) is 0 Å². The topological polar surface area (TPSA) is 105 Å². The van der Waals surface area contributed by atoms with Crippen molar-refractivity contribution >= 4 is 43.9 Å². The molecular weight excluding hydrogens is 919 g/mol. The first-order valence-corrected chi connectivity index (χ1v) is 25.9. The average Bonchev–Trinajstić information content (AvgIpc) is 3.33. The van der Waals surface area contributed by atoms with E-state index in [1.54, 1.807) is 48.5 Å². The van der Waals surface area contributed by atoms with Gasteiger partial charge < -0.3 is 0 Å². The van der Waals surface area contributed by atoms with Gasteiger partial charge in [0.25, 0.3) is 0 Å². The molecule has 0 spiro atoms. The summed E-state index contributed by atoms with van der Waals surface area (Å²) in [7, 11) is 0. The van der Waals surface area contributed by atoms with E-state index in [-0.39, 0.29) is 25.7 Å². The molecule has 8 aromatic rings. The summed E-state index contributed by atoms with van der Waals surface area (Å²) < 4.78 is 24.6. The molecule has 0 fully saturated rings. The first kappa shape index (κ1) is 44.1. The van der Waals surface area contributed by atoms with E-state index in [1.807, 2.05) is 170 Å². The number of hydrogen-bond acceptors (Lipinski definition) is 8. The summed E-state index contributed by atoms with van der Waals surface area (Å²) in [6, 6.07) is 67.4. The van der Waals surface area contributed by atoms with Gasteiger partial charge in [-0.05, 0) is 0 Å². The van der Waals surface area contributed by atoms with Crippen molar-refractivity contribution in [3.63, 3.8) is 0 Å². The van der Waals surface area contributed by atoms with Gasteiger partial charge in [-0.25, -0.2) is 0 Å². The summed E-state index contributed by atoms with van der Waals surface area (Å²) in [6.45, 7) is 0. The zero-order valence-corrected chi connectivity index (χ0v) is 38.2. The molecule has 8 rings (SSSR count). The maximum absolute atomic E-state index is 14.4. The van der Waals surface area contributed by atoms with Crippen LogP contribution < -0.4 is 0 Å². The van der Waals surface area contributed by atoms with Crippen LogP contribution in [0.5, 0.6) is 0 Å². The third-order valence-corrected chi connectivity index (χ3v) is 16.2. The van der Waals surface area contributed by atoms with Gasteiger partial charge in [0.05, 0.1) is 0 Å². The summed E-state index contributed by atoms with van der Waals surface area (Å²) in [4.78, 5) is 57.6. The van der Waals surface area contributed by atoms with E-state index < -0.39 is 43.9 Å². The zero-order valence-electron chi connectivity index (χ0n) is 35.4. The molecule has 65 heavy (non-hydrogen) atoms. The van der Waals surface area contributed by atoms with Crippen molar-refractivity contribution in [3.05, 3.63) is 241 Å². The van der Waals surface area contributed by atoms with Gasteiger partial charge in [0.2, 0.25) is 0 Å². The Balaban J connectivity index is 1.17. The van der Waals surface area contributed by atoms with Gasteiger partial charge in [-0.1, -0.05) is 0 Å². The quantitative estimate of drug-likeness (QED) is 0.0882. The van der Waals surface area contributed by atoms with E-state index in [0.29, 0.717) is 22.3 Å². The van der Waals surface area contributed by atoms with Crippen LogP contribution in [-0.4, -0.2) is 43.9 Å². The summed E-state index contributed by atoms with van der Waals surface area (Å²) in [5.74, 6) is -3.62. The standard InChI is InChI=1S/4C14H12O2.Sn/c4*15-14(16)10-12-8-4-5-9-13(12)11-6-2-1-3-7-11;/h4*1-9H,10H2,(H,15,16);/q;;;;+4/p-4. The Morgan fingerprint density at radius 1 is 0.262 bits per heavy atom. The van der Waals surface area contributed by atoms with Gasteiger partial charge >= 0.3 is 386 Å². The Morgan fingerprint density at radius 3 is 0.662 bits per heavy atom. The summed E-state index contributed by atoms with van der Waals surface area (Å²) in [5.41, 5.74) is 8.90. The van der Waals surface area contributed by atoms with Crippen molar-refractivity contribution in [2.45, 2.75) is 25.7 Å². The van der Waals surface area contributed by atoms with Gasteiger partial charge in [-0.15, -0.1) is 0 Å². The molecule has 0 N–H and O–H groups in total. The molecule has 8 nitrogen and oxygen atoms in total. The number of carbonyl (C=O) groups excluding carboxylic acids is 4. The normalized spacial score (nSPS) is 11.0. The van der Waals surface area contributed by atoms with Gasteiger partial charge in [-0.2, -0.15) is 0 Å². The van der Waals surface area contributed by atoms with Crippen LogP contribution in [0.1, 0.15) is 22.3 Å². The van der Waals surface area contributed by atoms with Crippen molar-refractivity contribution in [1.29, 1.82) is 0 Å². The Kier molecular flexibility index (Phi) is 14.4. The second-order valence-electron chi connectivity index (χ2n) is 15.2. The van der Waals surface area contributed by atoms with Crippen LogP contribution in [0, 0.1) is 0 Å². The summed E-state index contributed by atoms with van der Waals surface area (Å²) in [6.07, 6.45) is -1.27. The first-order valence-electron chi connectivity index (χ1n) is 21.2. The van der Waals surface area contributed by atoms with Crippen LogP contribution in [0.2, 0.25) is 0 Å². The number of benzene rings is 8. The van der Waals surface area contributed by atoms with Crippen LogP contribution >= 0.6 is 0 Å². The summed E-state index contributed by atoms with van der Waals surface area (Å²) in [5, 5.41) is 0. The number of hydrogen-bond donors (Lipinski definition) is 0. The molecule has 0 aliphatic rings. The van der Waals surface area contributed by atoms with E-state index in [9.17, 15) is 19.2 Å². The first-order chi connectivity index (χ1) is 31.8. The molecule has 0 aromatic heterocycles. The molecule has 0 bridgehead atoms. The molecule has 9 heteroatoms. The SMILES string of the molecule is O=C(Cc1ccccc1-c1ccccc1)[O][Sn]([O]C(=O)Cc1ccccc1-c1ccccc1)([O]C(=O)Cc1ccccc1-c1ccccc1)[O]C(=O)Cc1ccccc1-c1ccccc1. The van der Waals surface area contributed by atoms with E-state index >= 15 is 0 Å². The Bertz CT molecular complexity index is 2500. The second kappa shape index (κ2) is 21.2. The van der Waals surface area contributed by atoms with Gasteiger partial charge in [0, 0.05) is 0 Å². The average molecular weight is 964 g/mol.